The summed E-state index contributed by atoms with van der Waals surface area (Å²) < 4.78 is 5.27. The Balaban J connectivity index is 1.84. The molecule has 0 saturated heterocycles. The van der Waals surface area contributed by atoms with Crippen LogP contribution in [-0.2, 0) is 6.54 Å². The lowest BCUT2D eigenvalue weighted by atomic mass is 10.1. The van der Waals surface area contributed by atoms with Gasteiger partial charge in [0, 0.05) is 11.9 Å². The van der Waals surface area contributed by atoms with Crippen molar-refractivity contribution in [2.75, 3.05) is 0 Å². The van der Waals surface area contributed by atoms with E-state index in [0.29, 0.717) is 11.9 Å². The number of para-hydroxylation sites is 1. The van der Waals surface area contributed by atoms with Crippen molar-refractivity contribution in [1.82, 2.24) is 5.32 Å². The van der Waals surface area contributed by atoms with Gasteiger partial charge in [-0.3, -0.25) is 10.2 Å². The lowest BCUT2D eigenvalue weighted by Gasteiger charge is -2.07. The third-order valence-corrected chi connectivity index (χ3v) is 3.59. The van der Waals surface area contributed by atoms with Gasteiger partial charge < -0.3 is 14.8 Å². The maximum Gasteiger partial charge on any atom is 0.257 e. The molecule has 0 radical (unpaired) electrons. The Hall–Kier alpha value is -3.08. The molecular formula is C18H16N2O3. The van der Waals surface area contributed by atoms with Gasteiger partial charge in [0.1, 0.15) is 5.56 Å². The molecule has 0 fully saturated rings. The van der Waals surface area contributed by atoms with E-state index in [-0.39, 0.29) is 28.4 Å². The van der Waals surface area contributed by atoms with Crippen LogP contribution in [0.1, 0.15) is 21.5 Å². The van der Waals surface area contributed by atoms with E-state index in [9.17, 15) is 9.90 Å². The number of hydrogen-bond donors (Lipinski definition) is 3. The number of carbonyl (C=O) groups excluding carboxylic acids is 1. The van der Waals surface area contributed by atoms with Crippen LogP contribution in [0.15, 0.2) is 52.9 Å². The van der Waals surface area contributed by atoms with Gasteiger partial charge in [0.15, 0.2) is 11.3 Å². The van der Waals surface area contributed by atoms with Crippen molar-refractivity contribution in [1.29, 1.82) is 5.41 Å². The molecule has 0 saturated carbocycles. The molecule has 0 aliphatic carbocycles. The Morgan fingerprint density at radius 2 is 1.96 bits per heavy atom. The smallest absolute Gasteiger partial charge is 0.257 e. The van der Waals surface area contributed by atoms with Crippen molar-refractivity contribution in [3.8, 4) is 5.75 Å². The molecule has 1 aromatic heterocycles. The average Bonchev–Trinajstić information content (AvgIpc) is 2.54. The molecule has 23 heavy (non-hydrogen) atoms. The summed E-state index contributed by atoms with van der Waals surface area (Å²) in [6.07, 6.45) is 0. The monoisotopic (exact) mass is 308 g/mol. The largest absolute Gasteiger partial charge is 0.504 e. The van der Waals surface area contributed by atoms with Crippen molar-refractivity contribution in [2.45, 2.75) is 13.5 Å². The first-order chi connectivity index (χ1) is 11.0. The Morgan fingerprint density at radius 1 is 1.22 bits per heavy atom. The van der Waals surface area contributed by atoms with Crippen LogP contribution < -0.4 is 10.9 Å². The molecule has 1 amide bonds. The molecule has 5 nitrogen and oxygen atoms in total. The molecule has 2 aromatic carbocycles. The van der Waals surface area contributed by atoms with E-state index in [0.717, 1.165) is 11.1 Å². The topological polar surface area (TPSA) is 86.3 Å². The normalized spacial score (nSPS) is 10.7. The molecule has 0 aliphatic rings. The molecule has 1 heterocycles. The highest BCUT2D eigenvalue weighted by Gasteiger charge is 2.12. The maximum atomic E-state index is 12.3. The third-order valence-electron chi connectivity index (χ3n) is 3.59. The predicted molar refractivity (Wildman–Crippen MR) is 86.1 cm³/mol. The van der Waals surface area contributed by atoms with Crippen molar-refractivity contribution >= 4 is 16.9 Å². The second kappa shape index (κ2) is 5.96. The third kappa shape index (κ3) is 3.08. The summed E-state index contributed by atoms with van der Waals surface area (Å²) in [6.45, 7) is 2.37. The number of rotatable bonds is 3. The highest BCUT2D eigenvalue weighted by molar-refractivity contribution is 5.97. The average molecular weight is 308 g/mol. The van der Waals surface area contributed by atoms with Gasteiger partial charge in [0.2, 0.25) is 5.55 Å². The lowest BCUT2D eigenvalue weighted by molar-refractivity contribution is 0.0946. The number of hydrogen-bond acceptors (Lipinski definition) is 4. The molecule has 0 bridgehead atoms. The van der Waals surface area contributed by atoms with Crippen molar-refractivity contribution in [2.24, 2.45) is 0 Å². The summed E-state index contributed by atoms with van der Waals surface area (Å²) in [6, 6.07) is 14.2. The second-order valence-electron chi connectivity index (χ2n) is 5.35. The summed E-state index contributed by atoms with van der Waals surface area (Å²) in [5.41, 5.74) is 2.19. The molecule has 116 valence electrons. The van der Waals surface area contributed by atoms with Crippen molar-refractivity contribution in [3.05, 3.63) is 70.8 Å². The Kier molecular flexibility index (Phi) is 3.85. The minimum Gasteiger partial charge on any atom is -0.504 e. The van der Waals surface area contributed by atoms with Gasteiger partial charge in [-0.2, -0.15) is 0 Å². The fraction of sp³-hybridized carbons (Fsp3) is 0.111. The lowest BCUT2D eigenvalue weighted by Crippen LogP contribution is -2.27. The van der Waals surface area contributed by atoms with Crippen LogP contribution in [0, 0.1) is 12.3 Å². The summed E-state index contributed by atoms with van der Waals surface area (Å²) in [5.74, 6) is -0.438. The molecule has 3 aromatic rings. The van der Waals surface area contributed by atoms with Gasteiger partial charge in [-0.05, 0) is 24.6 Å². The Labute approximate surface area is 132 Å². The maximum absolute atomic E-state index is 12.3. The quantitative estimate of drug-likeness (QED) is 0.695. The molecule has 3 N–H and O–H groups in total. The minimum atomic E-state index is -0.385. The van der Waals surface area contributed by atoms with Gasteiger partial charge in [0.25, 0.3) is 5.91 Å². The first-order valence-corrected chi connectivity index (χ1v) is 7.19. The zero-order chi connectivity index (χ0) is 16.4. The molecule has 0 aliphatic heterocycles. The zero-order valence-corrected chi connectivity index (χ0v) is 12.6. The number of benzene rings is 2. The number of phenols is 1. The van der Waals surface area contributed by atoms with Gasteiger partial charge in [-0.1, -0.05) is 42.0 Å². The summed E-state index contributed by atoms with van der Waals surface area (Å²) in [5, 5.41) is 20.9. The van der Waals surface area contributed by atoms with Crippen LogP contribution in [0.2, 0.25) is 0 Å². The standard InChI is InChI=1S/C18H16N2O3/c1-11-5-7-12(8-6-11)10-20-18(22)14-9-13-3-2-4-15(21)16(13)23-17(14)19/h2-9,19,21H,10H2,1H3,(H,20,22). The van der Waals surface area contributed by atoms with E-state index in [1.54, 1.807) is 18.2 Å². The second-order valence-corrected chi connectivity index (χ2v) is 5.35. The van der Waals surface area contributed by atoms with Crippen LogP contribution >= 0.6 is 0 Å². The molecule has 0 unspecified atom stereocenters. The van der Waals surface area contributed by atoms with Crippen molar-refractivity contribution in [3.63, 3.8) is 0 Å². The van der Waals surface area contributed by atoms with E-state index in [1.807, 2.05) is 31.2 Å². The van der Waals surface area contributed by atoms with E-state index >= 15 is 0 Å². The Morgan fingerprint density at radius 3 is 2.70 bits per heavy atom. The van der Waals surface area contributed by atoms with Gasteiger partial charge >= 0.3 is 0 Å². The highest BCUT2D eigenvalue weighted by Crippen LogP contribution is 2.23. The first-order valence-electron chi connectivity index (χ1n) is 7.19. The van der Waals surface area contributed by atoms with Gasteiger partial charge in [-0.25, -0.2) is 0 Å². The fourth-order valence-electron chi connectivity index (χ4n) is 2.30. The molecule has 3 rings (SSSR count). The highest BCUT2D eigenvalue weighted by atomic mass is 16.4. The van der Waals surface area contributed by atoms with Crippen LogP contribution in [0.4, 0.5) is 0 Å². The molecular weight excluding hydrogens is 292 g/mol. The summed E-state index contributed by atoms with van der Waals surface area (Å²) >= 11 is 0. The van der Waals surface area contributed by atoms with E-state index < -0.39 is 0 Å². The minimum absolute atomic E-state index is 0.0531. The van der Waals surface area contributed by atoms with Crippen LogP contribution in [0.5, 0.6) is 5.75 Å². The fourth-order valence-corrected chi connectivity index (χ4v) is 2.30. The van der Waals surface area contributed by atoms with E-state index in [2.05, 4.69) is 5.32 Å². The Bertz CT molecular complexity index is 927. The number of phenolic OH excluding ortho intramolecular Hbond substituents is 1. The van der Waals surface area contributed by atoms with Crippen LogP contribution in [0.3, 0.4) is 0 Å². The first kappa shape index (κ1) is 14.8. The summed E-state index contributed by atoms with van der Waals surface area (Å²) in [4.78, 5) is 12.3. The molecule has 5 heteroatoms. The number of aryl methyl sites for hydroxylation is 1. The number of amides is 1. The van der Waals surface area contributed by atoms with Crippen LogP contribution in [0.25, 0.3) is 11.0 Å². The number of carbonyl (C=O) groups is 1. The van der Waals surface area contributed by atoms with Gasteiger partial charge in [0.05, 0.1) is 0 Å². The van der Waals surface area contributed by atoms with Crippen molar-refractivity contribution < 1.29 is 14.3 Å². The summed E-state index contributed by atoms with van der Waals surface area (Å²) in [7, 11) is 0. The van der Waals surface area contributed by atoms with E-state index in [1.165, 1.54) is 6.07 Å². The SMILES string of the molecule is Cc1ccc(CNC(=O)c2cc3cccc(O)c3oc2=N)cc1. The molecule has 0 spiro atoms. The number of nitrogens with one attached hydrogen (secondary N) is 2. The van der Waals surface area contributed by atoms with E-state index in [4.69, 9.17) is 9.83 Å². The predicted octanol–water partition coefficient (Wildman–Crippen LogP) is 2.86. The number of aromatic hydroxyl groups is 1. The van der Waals surface area contributed by atoms with Crippen LogP contribution in [-0.4, -0.2) is 11.0 Å². The molecule has 0 atom stereocenters. The zero-order valence-electron chi connectivity index (χ0n) is 12.6. The number of fused-ring (bicyclic) bond motifs is 1. The van der Waals surface area contributed by atoms with Gasteiger partial charge in [-0.15, -0.1) is 0 Å².